The predicted molar refractivity (Wildman–Crippen MR) is 55.9 cm³/mol. The van der Waals surface area contributed by atoms with Crippen LogP contribution >= 0.6 is 0 Å². The normalized spacial score (nSPS) is 35.9. The van der Waals surface area contributed by atoms with Gasteiger partial charge in [-0.3, -0.25) is 4.79 Å². The second-order valence-electron chi connectivity index (χ2n) is 4.82. The molecule has 2 aliphatic rings. The van der Waals surface area contributed by atoms with Crippen LogP contribution in [0.2, 0.25) is 0 Å². The van der Waals surface area contributed by atoms with E-state index in [9.17, 15) is 4.79 Å². The molecule has 2 unspecified atom stereocenters. The van der Waals surface area contributed by atoms with Crippen LogP contribution in [0.3, 0.4) is 0 Å². The maximum absolute atomic E-state index is 11.2. The number of likely N-dealkylation sites (tertiary alicyclic amines) is 1. The van der Waals surface area contributed by atoms with E-state index in [2.05, 4.69) is 24.1 Å². The number of amides is 1. The first-order chi connectivity index (χ1) is 6.63. The Bertz CT molecular complexity index is 227. The van der Waals surface area contributed by atoms with Crippen molar-refractivity contribution >= 4 is 5.91 Å². The van der Waals surface area contributed by atoms with Gasteiger partial charge < -0.3 is 10.2 Å². The van der Waals surface area contributed by atoms with Gasteiger partial charge >= 0.3 is 0 Å². The molecule has 3 heteroatoms. The first kappa shape index (κ1) is 9.97. The zero-order valence-electron chi connectivity index (χ0n) is 9.29. The van der Waals surface area contributed by atoms with Crippen LogP contribution in [0.5, 0.6) is 0 Å². The summed E-state index contributed by atoms with van der Waals surface area (Å²) in [4.78, 5) is 13.7. The van der Waals surface area contributed by atoms with E-state index < -0.39 is 0 Å². The number of carbonyl (C=O) groups is 1. The molecule has 0 aromatic rings. The van der Waals surface area contributed by atoms with Gasteiger partial charge in [0.2, 0.25) is 5.91 Å². The number of fused-ring (bicyclic) bond motifs is 1. The van der Waals surface area contributed by atoms with Gasteiger partial charge in [0, 0.05) is 31.6 Å². The van der Waals surface area contributed by atoms with Gasteiger partial charge in [-0.15, -0.1) is 0 Å². The van der Waals surface area contributed by atoms with Crippen LogP contribution in [-0.4, -0.2) is 36.0 Å². The monoisotopic (exact) mass is 196 g/mol. The van der Waals surface area contributed by atoms with E-state index in [1.807, 2.05) is 6.92 Å². The fourth-order valence-electron chi connectivity index (χ4n) is 2.48. The lowest BCUT2D eigenvalue weighted by Gasteiger charge is -2.23. The summed E-state index contributed by atoms with van der Waals surface area (Å²) in [5, 5.41) is 3.10. The minimum atomic E-state index is 0.209. The first-order valence-electron chi connectivity index (χ1n) is 5.67. The van der Waals surface area contributed by atoms with Crippen LogP contribution in [0.1, 0.15) is 27.2 Å². The molecule has 2 fully saturated rings. The van der Waals surface area contributed by atoms with Gasteiger partial charge in [0.05, 0.1) is 0 Å². The molecule has 0 aromatic carbocycles. The molecule has 0 radical (unpaired) electrons. The SMILES string of the molecule is CCC(=O)NC1C2CN(C(C)C)CC21. The summed E-state index contributed by atoms with van der Waals surface area (Å²) >= 11 is 0. The Morgan fingerprint density at radius 3 is 2.43 bits per heavy atom. The van der Waals surface area contributed by atoms with E-state index in [1.165, 1.54) is 13.1 Å². The minimum Gasteiger partial charge on any atom is -0.353 e. The fraction of sp³-hybridized carbons (Fsp3) is 0.909. The molecule has 1 aliphatic carbocycles. The van der Waals surface area contributed by atoms with E-state index in [-0.39, 0.29) is 5.91 Å². The highest BCUT2D eigenvalue weighted by Gasteiger charge is 2.56. The third-order valence-electron chi connectivity index (χ3n) is 3.60. The quantitative estimate of drug-likeness (QED) is 0.726. The van der Waals surface area contributed by atoms with E-state index in [0.29, 0.717) is 18.5 Å². The summed E-state index contributed by atoms with van der Waals surface area (Å²) in [7, 11) is 0. The van der Waals surface area contributed by atoms with E-state index >= 15 is 0 Å². The zero-order chi connectivity index (χ0) is 10.3. The second-order valence-corrected chi connectivity index (χ2v) is 4.82. The third-order valence-corrected chi connectivity index (χ3v) is 3.60. The Hall–Kier alpha value is -0.570. The average Bonchev–Trinajstić information content (AvgIpc) is 2.64. The molecule has 1 saturated carbocycles. The third kappa shape index (κ3) is 1.65. The van der Waals surface area contributed by atoms with Crippen molar-refractivity contribution in [1.82, 2.24) is 10.2 Å². The molecule has 14 heavy (non-hydrogen) atoms. The van der Waals surface area contributed by atoms with Crippen molar-refractivity contribution in [3.63, 3.8) is 0 Å². The first-order valence-corrected chi connectivity index (χ1v) is 5.67. The second kappa shape index (κ2) is 3.54. The van der Waals surface area contributed by atoms with E-state index in [1.54, 1.807) is 0 Å². The Labute approximate surface area is 85.8 Å². The Kier molecular flexibility index (Phi) is 2.52. The molecule has 0 aromatic heterocycles. The number of nitrogens with zero attached hydrogens (tertiary/aromatic N) is 1. The topological polar surface area (TPSA) is 32.3 Å². The molecular formula is C11H20N2O. The maximum Gasteiger partial charge on any atom is 0.219 e. The molecule has 80 valence electrons. The Morgan fingerprint density at radius 2 is 2.00 bits per heavy atom. The molecule has 1 N–H and O–H groups in total. The summed E-state index contributed by atoms with van der Waals surface area (Å²) in [6.45, 7) is 8.75. The lowest BCUT2D eigenvalue weighted by atomic mass is 10.3. The highest BCUT2D eigenvalue weighted by Crippen LogP contribution is 2.45. The van der Waals surface area contributed by atoms with Gasteiger partial charge in [0.25, 0.3) is 0 Å². The number of nitrogens with one attached hydrogen (secondary N) is 1. The molecule has 1 aliphatic heterocycles. The van der Waals surface area contributed by atoms with Crippen molar-refractivity contribution in [2.45, 2.75) is 39.3 Å². The number of hydrogen-bond acceptors (Lipinski definition) is 2. The van der Waals surface area contributed by atoms with Crippen LogP contribution in [0, 0.1) is 11.8 Å². The van der Waals surface area contributed by atoms with Crippen LogP contribution in [0.4, 0.5) is 0 Å². The standard InChI is InChI=1S/C11H20N2O/c1-4-10(14)12-11-8-5-13(7(2)3)6-9(8)11/h7-9,11H,4-6H2,1-3H3,(H,12,14). The van der Waals surface area contributed by atoms with Gasteiger partial charge in [-0.25, -0.2) is 0 Å². The van der Waals surface area contributed by atoms with Gasteiger partial charge in [0.15, 0.2) is 0 Å². The van der Waals surface area contributed by atoms with E-state index in [4.69, 9.17) is 0 Å². The number of piperidine rings is 1. The van der Waals surface area contributed by atoms with Crippen LogP contribution in [0.15, 0.2) is 0 Å². The highest BCUT2D eigenvalue weighted by molar-refractivity contribution is 5.76. The lowest BCUT2D eigenvalue weighted by molar-refractivity contribution is -0.121. The molecular weight excluding hydrogens is 176 g/mol. The van der Waals surface area contributed by atoms with Crippen LogP contribution < -0.4 is 5.32 Å². The van der Waals surface area contributed by atoms with Crippen molar-refractivity contribution < 1.29 is 4.79 Å². The van der Waals surface area contributed by atoms with E-state index in [0.717, 1.165) is 11.8 Å². The summed E-state index contributed by atoms with van der Waals surface area (Å²) in [6, 6.07) is 1.16. The summed E-state index contributed by atoms with van der Waals surface area (Å²) in [5.74, 6) is 1.70. The largest absolute Gasteiger partial charge is 0.353 e. The van der Waals surface area contributed by atoms with Crippen molar-refractivity contribution in [3.05, 3.63) is 0 Å². The predicted octanol–water partition coefficient (Wildman–Crippen LogP) is 0.851. The fourth-order valence-corrected chi connectivity index (χ4v) is 2.48. The molecule has 1 amide bonds. The van der Waals surface area contributed by atoms with Gasteiger partial charge in [-0.2, -0.15) is 0 Å². The molecule has 1 saturated heterocycles. The van der Waals surface area contributed by atoms with Crippen molar-refractivity contribution in [2.24, 2.45) is 11.8 Å². The number of hydrogen-bond donors (Lipinski definition) is 1. The maximum atomic E-state index is 11.2. The number of rotatable bonds is 3. The van der Waals surface area contributed by atoms with Gasteiger partial charge in [0.1, 0.15) is 0 Å². The van der Waals surface area contributed by atoms with Gasteiger partial charge in [-0.05, 0) is 25.7 Å². The molecule has 2 rings (SSSR count). The summed E-state index contributed by atoms with van der Waals surface area (Å²) in [6.07, 6.45) is 0.615. The minimum absolute atomic E-state index is 0.209. The zero-order valence-corrected chi connectivity index (χ0v) is 9.29. The van der Waals surface area contributed by atoms with Crippen LogP contribution in [0.25, 0.3) is 0 Å². The van der Waals surface area contributed by atoms with Gasteiger partial charge in [-0.1, -0.05) is 6.92 Å². The van der Waals surface area contributed by atoms with Crippen molar-refractivity contribution in [3.8, 4) is 0 Å². The smallest absolute Gasteiger partial charge is 0.219 e. The van der Waals surface area contributed by atoms with Crippen molar-refractivity contribution in [2.75, 3.05) is 13.1 Å². The summed E-state index contributed by atoms with van der Waals surface area (Å²) < 4.78 is 0. The molecule has 0 bridgehead atoms. The van der Waals surface area contributed by atoms with Crippen molar-refractivity contribution in [1.29, 1.82) is 0 Å². The highest BCUT2D eigenvalue weighted by atomic mass is 16.1. The Morgan fingerprint density at radius 1 is 1.43 bits per heavy atom. The lowest BCUT2D eigenvalue weighted by Crippen LogP contribution is -2.37. The summed E-state index contributed by atoms with van der Waals surface area (Å²) in [5.41, 5.74) is 0. The Balaban J connectivity index is 1.77. The molecule has 3 nitrogen and oxygen atoms in total. The molecule has 1 heterocycles. The average molecular weight is 196 g/mol. The molecule has 2 atom stereocenters. The number of carbonyl (C=O) groups excluding carboxylic acids is 1. The van der Waals surface area contributed by atoms with Crippen LogP contribution in [-0.2, 0) is 4.79 Å². The molecule has 0 spiro atoms.